The van der Waals surface area contributed by atoms with E-state index in [-0.39, 0.29) is 26.2 Å². The van der Waals surface area contributed by atoms with Crippen molar-refractivity contribution in [1.82, 2.24) is 0 Å². The summed E-state index contributed by atoms with van der Waals surface area (Å²) >= 11 is 7.04. The first-order valence-corrected chi connectivity index (χ1v) is 12.1. The molecule has 0 radical (unpaired) electrons. The second-order valence-electron chi connectivity index (χ2n) is 7.34. The Bertz CT molecular complexity index is 1290. The molecule has 0 amide bonds. The number of rotatable bonds is 7. The van der Waals surface area contributed by atoms with E-state index >= 15 is 0 Å². The van der Waals surface area contributed by atoms with Crippen LogP contribution in [0.1, 0.15) is 25.0 Å². The molecule has 0 saturated carbocycles. The number of thiophene rings is 1. The standard InChI is InChI=1S/C22H19ClN2O5S2/c1-13(2)9-14-3-6-16(7-4-14)19-11-18(21(31-19)30-22(26)27)25-32(28,29)20-8-5-15(12-24)10-17(20)23/h3-8,10-11,13,25H,9H2,1-2H3,(H,26,27). The first-order valence-electron chi connectivity index (χ1n) is 9.45. The number of sulfonamides is 1. The van der Waals surface area contributed by atoms with E-state index < -0.39 is 16.2 Å². The number of nitriles is 1. The summed E-state index contributed by atoms with van der Waals surface area (Å²) in [7, 11) is -4.17. The summed E-state index contributed by atoms with van der Waals surface area (Å²) < 4.78 is 32.9. The lowest BCUT2D eigenvalue weighted by Gasteiger charge is -2.09. The molecule has 0 aliphatic rings. The molecular formula is C22H19ClN2O5S2. The topological polar surface area (TPSA) is 116 Å². The molecule has 0 saturated heterocycles. The van der Waals surface area contributed by atoms with E-state index in [4.69, 9.17) is 26.7 Å². The molecule has 0 fully saturated rings. The average Bonchev–Trinajstić information content (AvgIpc) is 3.08. The Labute approximate surface area is 194 Å². The lowest BCUT2D eigenvalue weighted by atomic mass is 10.0. The Kier molecular flexibility index (Phi) is 7.09. The van der Waals surface area contributed by atoms with Gasteiger partial charge in [0.2, 0.25) is 5.06 Å². The number of hydrogen-bond donors (Lipinski definition) is 2. The van der Waals surface area contributed by atoms with Crippen LogP contribution in [0.3, 0.4) is 0 Å². The van der Waals surface area contributed by atoms with Crippen LogP contribution in [0.15, 0.2) is 53.4 Å². The average molecular weight is 491 g/mol. The third kappa shape index (κ3) is 5.59. The highest BCUT2D eigenvalue weighted by atomic mass is 35.5. The zero-order valence-corrected chi connectivity index (χ0v) is 19.5. The fourth-order valence-electron chi connectivity index (χ4n) is 3.01. The number of carbonyl (C=O) groups is 1. The number of carboxylic acid groups (broad SMARTS) is 1. The van der Waals surface area contributed by atoms with Gasteiger partial charge < -0.3 is 9.84 Å². The molecule has 7 nitrogen and oxygen atoms in total. The Morgan fingerprint density at radius 3 is 2.47 bits per heavy atom. The predicted octanol–water partition coefficient (Wildman–Crippen LogP) is 6.00. The van der Waals surface area contributed by atoms with Gasteiger partial charge in [-0.15, -0.1) is 0 Å². The number of nitrogens with one attached hydrogen (secondary N) is 1. The smallest absolute Gasteiger partial charge is 0.449 e. The van der Waals surface area contributed by atoms with Crippen LogP contribution in [0.5, 0.6) is 5.06 Å². The van der Waals surface area contributed by atoms with Crippen LogP contribution in [-0.4, -0.2) is 19.7 Å². The van der Waals surface area contributed by atoms with Gasteiger partial charge in [0, 0.05) is 4.88 Å². The summed E-state index contributed by atoms with van der Waals surface area (Å²) in [4.78, 5) is 11.5. The second-order valence-corrected chi connectivity index (χ2v) is 10.4. The summed E-state index contributed by atoms with van der Waals surface area (Å²) in [5, 5.41) is 17.8. The van der Waals surface area contributed by atoms with E-state index in [2.05, 4.69) is 18.6 Å². The molecule has 3 rings (SSSR count). The molecule has 0 aliphatic carbocycles. The fraction of sp³-hybridized carbons (Fsp3) is 0.182. The Balaban J connectivity index is 1.96. The number of halogens is 1. The maximum atomic E-state index is 12.9. The first kappa shape index (κ1) is 23.6. The minimum Gasteiger partial charge on any atom is -0.449 e. The number of hydrogen-bond acceptors (Lipinski definition) is 6. The van der Waals surface area contributed by atoms with E-state index in [0.717, 1.165) is 23.3 Å². The number of anilines is 1. The predicted molar refractivity (Wildman–Crippen MR) is 124 cm³/mol. The third-order valence-electron chi connectivity index (χ3n) is 4.36. The van der Waals surface area contributed by atoms with Crippen LogP contribution in [0, 0.1) is 17.2 Å². The van der Waals surface area contributed by atoms with E-state index in [1.54, 1.807) is 0 Å². The SMILES string of the molecule is CC(C)Cc1ccc(-c2cc(NS(=O)(=O)c3ccc(C#N)cc3Cl)c(OC(=O)O)s2)cc1. The van der Waals surface area contributed by atoms with Crippen LogP contribution in [-0.2, 0) is 16.4 Å². The largest absolute Gasteiger partial charge is 0.512 e. The lowest BCUT2D eigenvalue weighted by Crippen LogP contribution is -2.14. The highest BCUT2D eigenvalue weighted by molar-refractivity contribution is 7.92. The van der Waals surface area contributed by atoms with Crippen LogP contribution in [0.25, 0.3) is 10.4 Å². The summed E-state index contributed by atoms with van der Waals surface area (Å²) in [6.07, 6.45) is -0.642. The normalized spacial score (nSPS) is 11.2. The van der Waals surface area contributed by atoms with Crippen molar-refractivity contribution in [2.24, 2.45) is 5.92 Å². The third-order valence-corrected chi connectivity index (χ3v) is 7.27. The number of ether oxygens (including phenoxy) is 1. The molecule has 10 heteroatoms. The maximum Gasteiger partial charge on any atom is 0.512 e. The van der Waals surface area contributed by atoms with Gasteiger partial charge in [0.1, 0.15) is 10.6 Å². The Morgan fingerprint density at radius 2 is 1.91 bits per heavy atom. The Morgan fingerprint density at radius 1 is 1.22 bits per heavy atom. The van der Waals surface area contributed by atoms with Crippen LogP contribution >= 0.6 is 22.9 Å². The van der Waals surface area contributed by atoms with Gasteiger partial charge >= 0.3 is 6.16 Å². The van der Waals surface area contributed by atoms with Gasteiger partial charge in [0.05, 0.1) is 16.7 Å². The molecule has 166 valence electrons. The van der Waals surface area contributed by atoms with E-state index in [1.807, 2.05) is 30.3 Å². The lowest BCUT2D eigenvalue weighted by molar-refractivity contribution is 0.146. The van der Waals surface area contributed by atoms with E-state index in [1.165, 1.54) is 29.8 Å². The molecule has 2 N–H and O–H groups in total. The molecule has 0 spiro atoms. The first-order chi connectivity index (χ1) is 15.1. The molecule has 2 aromatic carbocycles. The van der Waals surface area contributed by atoms with Gasteiger partial charge in [-0.1, -0.05) is 61.1 Å². The highest BCUT2D eigenvalue weighted by Crippen LogP contribution is 2.42. The molecule has 0 unspecified atom stereocenters. The molecule has 3 aromatic rings. The van der Waals surface area contributed by atoms with Crippen molar-refractivity contribution in [2.45, 2.75) is 25.2 Å². The van der Waals surface area contributed by atoms with Crippen LogP contribution < -0.4 is 9.46 Å². The van der Waals surface area contributed by atoms with Crippen molar-refractivity contribution in [3.63, 3.8) is 0 Å². The fourth-order valence-corrected chi connectivity index (χ4v) is 5.63. The van der Waals surface area contributed by atoms with E-state index in [9.17, 15) is 13.2 Å². The molecule has 1 heterocycles. The highest BCUT2D eigenvalue weighted by Gasteiger charge is 2.23. The molecule has 1 aromatic heterocycles. The minimum absolute atomic E-state index is 0.0286. The maximum absolute atomic E-state index is 12.9. The van der Waals surface area contributed by atoms with Gasteiger partial charge in [-0.2, -0.15) is 5.26 Å². The molecule has 0 aliphatic heterocycles. The molecule has 0 atom stereocenters. The zero-order chi connectivity index (χ0) is 23.5. The Hall–Kier alpha value is -3.06. The minimum atomic E-state index is -4.17. The van der Waals surface area contributed by atoms with Crippen molar-refractivity contribution in [3.8, 4) is 21.6 Å². The molecule has 32 heavy (non-hydrogen) atoms. The van der Waals surface area contributed by atoms with Gasteiger partial charge in [-0.25, -0.2) is 13.2 Å². The van der Waals surface area contributed by atoms with Gasteiger partial charge in [-0.3, -0.25) is 4.72 Å². The summed E-state index contributed by atoms with van der Waals surface area (Å²) in [6.45, 7) is 4.25. The van der Waals surface area contributed by atoms with Crippen LogP contribution in [0.4, 0.5) is 10.5 Å². The van der Waals surface area contributed by atoms with Crippen molar-refractivity contribution in [2.75, 3.05) is 4.72 Å². The molecular weight excluding hydrogens is 472 g/mol. The van der Waals surface area contributed by atoms with Crippen molar-refractivity contribution in [1.29, 1.82) is 5.26 Å². The monoisotopic (exact) mass is 490 g/mol. The van der Waals surface area contributed by atoms with Crippen molar-refractivity contribution >= 4 is 44.8 Å². The van der Waals surface area contributed by atoms with Crippen molar-refractivity contribution < 1.29 is 23.1 Å². The van der Waals surface area contributed by atoms with Crippen molar-refractivity contribution in [3.05, 3.63) is 64.7 Å². The van der Waals surface area contributed by atoms with Gasteiger partial charge in [0.25, 0.3) is 10.0 Å². The quantitative estimate of drug-likeness (QED) is 0.392. The summed E-state index contributed by atoms with van der Waals surface area (Å²) in [5.41, 5.74) is 2.14. The number of nitrogens with zero attached hydrogens (tertiary/aromatic N) is 1. The summed E-state index contributed by atoms with van der Waals surface area (Å²) in [6, 6.07) is 14.9. The summed E-state index contributed by atoms with van der Waals surface area (Å²) in [5.74, 6) is 0.508. The van der Waals surface area contributed by atoms with E-state index in [0.29, 0.717) is 10.8 Å². The van der Waals surface area contributed by atoms with Crippen LogP contribution in [0.2, 0.25) is 5.02 Å². The number of benzene rings is 2. The second kappa shape index (κ2) is 9.61. The molecule has 0 bridgehead atoms. The zero-order valence-electron chi connectivity index (χ0n) is 17.1. The van der Waals surface area contributed by atoms with Gasteiger partial charge in [-0.05, 0) is 47.7 Å². The van der Waals surface area contributed by atoms with Gasteiger partial charge in [0.15, 0.2) is 0 Å².